The van der Waals surface area contributed by atoms with E-state index in [1.165, 1.54) is 26.5 Å². The van der Waals surface area contributed by atoms with Gasteiger partial charge in [0.2, 0.25) is 5.91 Å². The Kier molecular flexibility index (Phi) is 4.80. The molecule has 3 heterocycles. The zero-order valence-electron chi connectivity index (χ0n) is 18.7. The lowest BCUT2D eigenvalue weighted by atomic mass is 9.99. The highest BCUT2D eigenvalue weighted by Crippen LogP contribution is 2.41. The quantitative estimate of drug-likeness (QED) is 0.528. The van der Waals surface area contributed by atoms with Crippen LogP contribution >= 0.6 is 0 Å². The number of nitrogens with zero attached hydrogens (tertiary/aromatic N) is 4. The number of rotatable bonds is 4. The minimum Gasteiger partial charge on any atom is -0.358 e. The lowest BCUT2D eigenvalue weighted by Gasteiger charge is -2.36. The molecule has 7 nitrogen and oxygen atoms in total. The van der Waals surface area contributed by atoms with Gasteiger partial charge in [-0.15, -0.1) is 0 Å². The van der Waals surface area contributed by atoms with E-state index in [4.69, 9.17) is 0 Å². The first-order valence-corrected chi connectivity index (χ1v) is 11.7. The number of piperidine rings is 1. The maximum Gasteiger partial charge on any atom is 0.331 e. The summed E-state index contributed by atoms with van der Waals surface area (Å²) in [6.07, 6.45) is 4.53. The minimum absolute atomic E-state index is 0.0149. The lowest BCUT2D eigenvalue weighted by Crippen LogP contribution is -2.40. The van der Waals surface area contributed by atoms with Gasteiger partial charge in [0.1, 0.15) is 6.54 Å². The number of likely N-dealkylation sites (N-methyl/N-ethyl adjacent to an activating group) is 1. The van der Waals surface area contributed by atoms with Gasteiger partial charge in [-0.05, 0) is 53.3 Å². The van der Waals surface area contributed by atoms with Gasteiger partial charge in [-0.3, -0.25) is 18.8 Å². The summed E-state index contributed by atoms with van der Waals surface area (Å²) in [5.41, 5.74) is 4.11. The van der Waals surface area contributed by atoms with Crippen molar-refractivity contribution in [3.8, 4) is 0 Å². The van der Waals surface area contributed by atoms with E-state index in [-0.39, 0.29) is 24.2 Å². The molecule has 1 fully saturated rings. The van der Waals surface area contributed by atoms with Crippen LogP contribution < -0.4 is 11.0 Å². The molecule has 1 saturated heterocycles. The summed E-state index contributed by atoms with van der Waals surface area (Å²) in [4.78, 5) is 32.4. The van der Waals surface area contributed by atoms with Crippen molar-refractivity contribution in [2.75, 3.05) is 20.1 Å². The molecule has 7 heteroatoms. The van der Waals surface area contributed by atoms with Crippen LogP contribution in [0.3, 0.4) is 0 Å². The fourth-order valence-corrected chi connectivity index (χ4v) is 5.82. The number of pyridine rings is 1. The number of carbonyl (C=O) groups excluding carboxylic acids is 1. The van der Waals surface area contributed by atoms with Gasteiger partial charge in [-0.25, -0.2) is 9.78 Å². The molecular formula is C26H27N5O2. The second-order valence-electron chi connectivity index (χ2n) is 9.11. The summed E-state index contributed by atoms with van der Waals surface area (Å²) in [5, 5.41) is 5.35. The second-order valence-corrected chi connectivity index (χ2v) is 9.11. The number of hydrogen-bond acceptors (Lipinski definition) is 4. The van der Waals surface area contributed by atoms with E-state index in [1.807, 2.05) is 16.7 Å². The topological polar surface area (TPSA) is 72.2 Å². The fourth-order valence-electron chi connectivity index (χ4n) is 5.82. The molecule has 1 atom stereocenters. The highest BCUT2D eigenvalue weighted by atomic mass is 16.2. The van der Waals surface area contributed by atoms with Crippen molar-refractivity contribution in [1.29, 1.82) is 0 Å². The molecule has 1 aliphatic carbocycles. The van der Waals surface area contributed by atoms with Crippen molar-refractivity contribution in [2.45, 2.75) is 37.9 Å². The van der Waals surface area contributed by atoms with Crippen molar-refractivity contribution in [1.82, 2.24) is 24.3 Å². The smallest absolute Gasteiger partial charge is 0.331 e. The van der Waals surface area contributed by atoms with Gasteiger partial charge in [0, 0.05) is 38.4 Å². The summed E-state index contributed by atoms with van der Waals surface area (Å²) in [6, 6.07) is 17.6. The molecule has 1 aliphatic heterocycles. The van der Waals surface area contributed by atoms with Crippen molar-refractivity contribution >= 4 is 27.8 Å². The van der Waals surface area contributed by atoms with E-state index in [2.05, 4.69) is 51.6 Å². The number of imidazole rings is 1. The van der Waals surface area contributed by atoms with Crippen LogP contribution in [-0.4, -0.2) is 45.1 Å². The van der Waals surface area contributed by atoms with E-state index < -0.39 is 0 Å². The average molecular weight is 442 g/mol. The first-order valence-electron chi connectivity index (χ1n) is 11.7. The Labute approximate surface area is 191 Å². The molecule has 33 heavy (non-hydrogen) atoms. The van der Waals surface area contributed by atoms with Gasteiger partial charge in [-0.2, -0.15) is 0 Å². The van der Waals surface area contributed by atoms with Gasteiger partial charge >= 0.3 is 5.69 Å². The summed E-state index contributed by atoms with van der Waals surface area (Å²) in [6.45, 7) is 1.86. The summed E-state index contributed by atoms with van der Waals surface area (Å²) < 4.78 is 3.36. The highest BCUT2D eigenvalue weighted by molar-refractivity contribution is 5.91. The minimum atomic E-state index is -0.202. The second kappa shape index (κ2) is 7.85. The highest BCUT2D eigenvalue weighted by Gasteiger charge is 2.33. The number of carbonyl (C=O) groups is 1. The van der Waals surface area contributed by atoms with Crippen LogP contribution in [0.25, 0.3) is 21.9 Å². The molecule has 0 spiro atoms. The van der Waals surface area contributed by atoms with Crippen LogP contribution in [0, 0.1) is 0 Å². The number of nitrogens with one attached hydrogen (secondary N) is 1. The maximum atomic E-state index is 13.3. The summed E-state index contributed by atoms with van der Waals surface area (Å²) in [7, 11) is 1.58. The van der Waals surface area contributed by atoms with Crippen LogP contribution in [0.4, 0.5) is 0 Å². The maximum absolute atomic E-state index is 13.3. The molecule has 2 aromatic carbocycles. The molecule has 168 valence electrons. The SMILES string of the molecule is CNC(=O)Cn1c(=O)n(C2CCN([C@@H]3Cc4cccc5cccc3c45)CC2)c2cccnc21. The number of hydrogen-bond donors (Lipinski definition) is 1. The number of likely N-dealkylation sites (tertiary alicyclic amines) is 1. The Hall–Kier alpha value is -3.45. The van der Waals surface area contributed by atoms with Gasteiger partial charge in [0.15, 0.2) is 5.65 Å². The van der Waals surface area contributed by atoms with Crippen molar-refractivity contribution in [2.24, 2.45) is 0 Å². The molecule has 2 aromatic heterocycles. The van der Waals surface area contributed by atoms with E-state index in [0.29, 0.717) is 11.7 Å². The third kappa shape index (κ3) is 3.18. The van der Waals surface area contributed by atoms with Crippen LogP contribution in [0.15, 0.2) is 59.5 Å². The van der Waals surface area contributed by atoms with Crippen LogP contribution in [-0.2, 0) is 17.8 Å². The molecule has 0 unspecified atom stereocenters. The van der Waals surface area contributed by atoms with E-state index in [0.717, 1.165) is 37.9 Å². The largest absolute Gasteiger partial charge is 0.358 e. The van der Waals surface area contributed by atoms with Crippen LogP contribution in [0.5, 0.6) is 0 Å². The molecule has 2 aliphatic rings. The van der Waals surface area contributed by atoms with Crippen molar-refractivity contribution in [3.05, 3.63) is 76.3 Å². The predicted molar refractivity (Wildman–Crippen MR) is 128 cm³/mol. The number of benzene rings is 2. The van der Waals surface area contributed by atoms with E-state index >= 15 is 0 Å². The fraction of sp³-hybridized carbons (Fsp3) is 0.346. The monoisotopic (exact) mass is 441 g/mol. The van der Waals surface area contributed by atoms with Gasteiger partial charge in [-0.1, -0.05) is 36.4 Å². The summed E-state index contributed by atoms with van der Waals surface area (Å²) in [5.74, 6) is -0.202. The normalized spacial score (nSPS) is 18.9. The van der Waals surface area contributed by atoms with Gasteiger partial charge < -0.3 is 5.32 Å². The first kappa shape index (κ1) is 20.2. The molecular weight excluding hydrogens is 414 g/mol. The number of aromatic nitrogens is 3. The average Bonchev–Trinajstić information content (AvgIpc) is 3.36. The molecule has 6 rings (SSSR count). The Morgan fingerprint density at radius 2 is 1.88 bits per heavy atom. The van der Waals surface area contributed by atoms with Crippen molar-refractivity contribution in [3.63, 3.8) is 0 Å². The molecule has 0 saturated carbocycles. The summed E-state index contributed by atoms with van der Waals surface area (Å²) >= 11 is 0. The molecule has 1 amide bonds. The Morgan fingerprint density at radius 3 is 2.67 bits per heavy atom. The third-order valence-electron chi connectivity index (χ3n) is 7.40. The zero-order chi connectivity index (χ0) is 22.5. The van der Waals surface area contributed by atoms with E-state index in [1.54, 1.807) is 13.2 Å². The first-order chi connectivity index (χ1) is 16.2. The molecule has 1 N–H and O–H groups in total. The van der Waals surface area contributed by atoms with E-state index in [9.17, 15) is 9.59 Å². The lowest BCUT2D eigenvalue weighted by molar-refractivity contribution is -0.121. The molecule has 4 aromatic rings. The van der Waals surface area contributed by atoms with Gasteiger partial charge in [0.05, 0.1) is 5.52 Å². The number of amides is 1. The van der Waals surface area contributed by atoms with Crippen molar-refractivity contribution < 1.29 is 4.79 Å². The Bertz CT molecular complexity index is 1420. The van der Waals surface area contributed by atoms with Crippen LogP contribution in [0.1, 0.15) is 36.1 Å². The molecule has 0 radical (unpaired) electrons. The predicted octanol–water partition coefficient (Wildman–Crippen LogP) is 3.03. The third-order valence-corrected chi connectivity index (χ3v) is 7.40. The Morgan fingerprint density at radius 1 is 1.09 bits per heavy atom. The number of fused-ring (bicyclic) bond motifs is 1. The van der Waals surface area contributed by atoms with Crippen LogP contribution in [0.2, 0.25) is 0 Å². The standard InChI is InChI=1S/C26H27N5O2/c1-27-23(32)16-30-25-21(9-4-12-28-25)31(26(30)33)19-10-13-29(14-11-19)22-15-18-7-2-5-17-6-3-8-20(22)24(17)18/h2-9,12,19,22H,10-11,13-16H2,1H3,(H,27,32)/t22-/m1/s1. The Balaban J connectivity index is 1.27. The van der Waals surface area contributed by atoms with Gasteiger partial charge in [0.25, 0.3) is 0 Å². The zero-order valence-corrected chi connectivity index (χ0v) is 18.7. The molecule has 0 bridgehead atoms.